The van der Waals surface area contributed by atoms with E-state index in [-0.39, 0.29) is 0 Å². The van der Waals surface area contributed by atoms with Crippen LogP contribution in [0.2, 0.25) is 0 Å². The number of rotatable bonds is 4. The predicted molar refractivity (Wildman–Crippen MR) is 75.3 cm³/mol. The van der Waals surface area contributed by atoms with Crippen molar-refractivity contribution in [3.05, 3.63) is 59.7 Å². The average Bonchev–Trinajstić information content (AvgIpc) is 2.34. The van der Waals surface area contributed by atoms with Crippen molar-refractivity contribution < 1.29 is 24.2 Å². The van der Waals surface area contributed by atoms with Gasteiger partial charge in [0.15, 0.2) is 0 Å². The quantitative estimate of drug-likeness (QED) is 0.591. The predicted octanol–water partition coefficient (Wildman–Crippen LogP) is 5.05. The summed E-state index contributed by atoms with van der Waals surface area (Å²) in [6, 6.07) is 15.1. The van der Waals surface area contributed by atoms with Gasteiger partial charge >= 0.3 is 126 Å². The first-order valence-corrected chi connectivity index (χ1v) is 17.7. The van der Waals surface area contributed by atoms with Crippen LogP contribution in [0.15, 0.2) is 48.5 Å². The zero-order valence-corrected chi connectivity index (χ0v) is 15.8. The minimum atomic E-state index is -4.18. The van der Waals surface area contributed by atoms with Gasteiger partial charge in [-0.2, -0.15) is 0 Å². The van der Waals surface area contributed by atoms with E-state index in [0.29, 0.717) is 11.5 Å². The molecule has 2 nitrogen and oxygen atoms in total. The Kier molecular flexibility index (Phi) is 4.93. The van der Waals surface area contributed by atoms with E-state index in [4.69, 9.17) is 22.9 Å². The molecular formula is C14H14Cl2HfO2. The van der Waals surface area contributed by atoms with Gasteiger partial charge in [-0.25, -0.2) is 0 Å². The third-order valence-corrected chi connectivity index (χ3v) is 8.44. The van der Waals surface area contributed by atoms with Crippen LogP contribution >= 0.6 is 17.2 Å². The molecule has 2 aromatic carbocycles. The molecule has 0 fully saturated rings. The molecule has 2 aromatic rings. The van der Waals surface area contributed by atoms with Crippen LogP contribution in [0.4, 0.5) is 0 Å². The van der Waals surface area contributed by atoms with E-state index in [0.717, 1.165) is 11.1 Å². The molecule has 5 heteroatoms. The summed E-state index contributed by atoms with van der Waals surface area (Å²) in [5.74, 6) is 1.29. The fourth-order valence-electron chi connectivity index (χ4n) is 1.51. The second-order valence-electron chi connectivity index (χ2n) is 4.29. The molecule has 0 radical (unpaired) electrons. The minimum absolute atomic E-state index is 0.643. The van der Waals surface area contributed by atoms with Crippen molar-refractivity contribution in [2.24, 2.45) is 0 Å². The molecule has 0 saturated carbocycles. The molecule has 0 aliphatic rings. The van der Waals surface area contributed by atoms with Crippen LogP contribution in [0, 0.1) is 13.8 Å². The van der Waals surface area contributed by atoms with Crippen molar-refractivity contribution in [3.63, 3.8) is 0 Å². The fraction of sp³-hybridized carbons (Fsp3) is 0.143. The molecule has 0 aromatic heterocycles. The molecule has 0 saturated heterocycles. The summed E-state index contributed by atoms with van der Waals surface area (Å²) in [6.45, 7) is 4.01. The van der Waals surface area contributed by atoms with Crippen LogP contribution < -0.4 is 5.71 Å². The molecule has 0 amide bonds. The molecule has 0 spiro atoms. The summed E-state index contributed by atoms with van der Waals surface area (Å²) in [5.41, 5.74) is 2.30. The molecular weight excluding hydrogens is 450 g/mol. The Morgan fingerprint density at radius 3 is 1.32 bits per heavy atom. The van der Waals surface area contributed by atoms with E-state index >= 15 is 0 Å². The zero-order chi connectivity index (χ0) is 13.9. The summed E-state index contributed by atoms with van der Waals surface area (Å²) >= 11 is -4.18. The van der Waals surface area contributed by atoms with Crippen molar-refractivity contribution in [1.29, 1.82) is 0 Å². The van der Waals surface area contributed by atoms with Gasteiger partial charge in [-0.15, -0.1) is 0 Å². The van der Waals surface area contributed by atoms with Gasteiger partial charge in [0.05, 0.1) is 0 Å². The van der Waals surface area contributed by atoms with E-state index < -0.39 is 18.5 Å². The van der Waals surface area contributed by atoms with Crippen molar-refractivity contribution in [2.45, 2.75) is 13.8 Å². The standard InChI is InChI=1S/2C7H8O.2ClH.Hf/c2*1-6-2-4-7(8)5-3-6;;;/h2*2-5,8H,1H3;2*1H;/q;;;;+4/p-4. The van der Waals surface area contributed by atoms with E-state index in [1.165, 1.54) is 0 Å². The maximum absolute atomic E-state index is 6.23. The molecule has 0 bridgehead atoms. The number of aryl methyl sites for hydroxylation is 2. The van der Waals surface area contributed by atoms with Crippen molar-refractivity contribution in [2.75, 3.05) is 0 Å². The number of hydrogen-bond donors (Lipinski definition) is 0. The number of hydrogen-bond acceptors (Lipinski definition) is 2. The molecule has 0 atom stereocenters. The Labute approximate surface area is 125 Å². The van der Waals surface area contributed by atoms with E-state index in [1.54, 1.807) is 0 Å². The Morgan fingerprint density at radius 2 is 1.00 bits per heavy atom. The van der Waals surface area contributed by atoms with E-state index in [1.807, 2.05) is 62.4 Å². The number of halogens is 2. The van der Waals surface area contributed by atoms with Gasteiger partial charge in [0.1, 0.15) is 0 Å². The van der Waals surface area contributed by atoms with Gasteiger partial charge in [-0.3, -0.25) is 0 Å². The van der Waals surface area contributed by atoms with Crippen LogP contribution in [0.25, 0.3) is 0 Å². The van der Waals surface area contributed by atoms with Crippen molar-refractivity contribution in [1.82, 2.24) is 0 Å². The van der Waals surface area contributed by atoms with Crippen molar-refractivity contribution >= 4 is 17.2 Å². The zero-order valence-electron chi connectivity index (χ0n) is 10.7. The Hall–Kier alpha value is -0.510. The third kappa shape index (κ3) is 4.83. The summed E-state index contributed by atoms with van der Waals surface area (Å²) < 4.78 is 11.2. The Bertz CT molecular complexity index is 489. The molecule has 0 unspecified atom stereocenters. The Balaban J connectivity index is 2.05. The normalized spacial score (nSPS) is 11.2. The van der Waals surface area contributed by atoms with Gasteiger partial charge in [-0.05, 0) is 0 Å². The summed E-state index contributed by atoms with van der Waals surface area (Å²) in [4.78, 5) is 0. The SMILES string of the molecule is Cc1ccc([O][Hf]([Cl])([Cl])[O]c2ccc(C)cc2)cc1. The monoisotopic (exact) mass is 464 g/mol. The maximum atomic E-state index is 6.23. The molecule has 0 aliphatic carbocycles. The second-order valence-corrected chi connectivity index (χ2v) is 18.8. The van der Waals surface area contributed by atoms with Gasteiger partial charge in [0, 0.05) is 0 Å². The van der Waals surface area contributed by atoms with Crippen LogP contribution in [-0.2, 0) is 18.5 Å². The molecule has 2 rings (SSSR count). The molecule has 0 N–H and O–H groups in total. The van der Waals surface area contributed by atoms with Crippen molar-refractivity contribution in [3.8, 4) is 11.5 Å². The summed E-state index contributed by atoms with van der Waals surface area (Å²) in [5, 5.41) is 0. The first-order chi connectivity index (χ1) is 8.94. The van der Waals surface area contributed by atoms with E-state index in [9.17, 15) is 0 Å². The van der Waals surface area contributed by atoms with Gasteiger partial charge in [-0.1, -0.05) is 0 Å². The second kappa shape index (κ2) is 6.29. The fourth-order valence-corrected chi connectivity index (χ4v) is 7.52. The molecule has 0 aliphatic heterocycles. The van der Waals surface area contributed by atoms with Crippen LogP contribution in [0.3, 0.4) is 0 Å². The van der Waals surface area contributed by atoms with Gasteiger partial charge in [0.2, 0.25) is 0 Å². The topological polar surface area (TPSA) is 18.5 Å². The van der Waals surface area contributed by atoms with Crippen LogP contribution in [0.5, 0.6) is 11.5 Å². The first kappa shape index (κ1) is 14.9. The number of benzene rings is 2. The Morgan fingerprint density at radius 1 is 0.684 bits per heavy atom. The van der Waals surface area contributed by atoms with Crippen LogP contribution in [0.1, 0.15) is 11.1 Å². The molecule has 100 valence electrons. The van der Waals surface area contributed by atoms with Gasteiger partial charge in [0.25, 0.3) is 0 Å². The first-order valence-electron chi connectivity index (χ1n) is 5.84. The summed E-state index contributed by atoms with van der Waals surface area (Å²) in [6.07, 6.45) is 0. The average molecular weight is 464 g/mol. The molecule has 0 heterocycles. The van der Waals surface area contributed by atoms with E-state index in [2.05, 4.69) is 0 Å². The van der Waals surface area contributed by atoms with Gasteiger partial charge < -0.3 is 0 Å². The summed E-state index contributed by atoms with van der Waals surface area (Å²) in [7, 11) is 12.5. The third-order valence-electron chi connectivity index (χ3n) is 2.52. The molecule has 19 heavy (non-hydrogen) atoms. The van der Waals surface area contributed by atoms with Crippen LogP contribution in [-0.4, -0.2) is 0 Å².